The quantitative estimate of drug-likeness (QED) is 0.452. The third-order valence-corrected chi connectivity index (χ3v) is 4.30. The van der Waals surface area contributed by atoms with E-state index in [1.165, 1.54) is 6.92 Å². The fourth-order valence-electron chi connectivity index (χ4n) is 2.07. The van der Waals surface area contributed by atoms with Gasteiger partial charge >= 0.3 is 0 Å². The molecular weight excluding hydrogens is 334 g/mol. The van der Waals surface area contributed by atoms with Gasteiger partial charge < -0.3 is 5.32 Å². The Morgan fingerprint density at radius 2 is 1.80 bits per heavy atom. The van der Waals surface area contributed by atoms with Crippen LogP contribution in [0.4, 0.5) is 5.69 Å². The smallest absolute Gasteiger partial charge is 0.240 e. The lowest BCUT2D eigenvalue weighted by molar-refractivity contribution is -0.120. The summed E-state index contributed by atoms with van der Waals surface area (Å²) >= 11 is 1.64. The molecule has 0 heterocycles. The Bertz CT molecular complexity index is 760. The van der Waals surface area contributed by atoms with Crippen LogP contribution in [0.25, 0.3) is 0 Å². The zero-order valence-corrected chi connectivity index (χ0v) is 15.1. The molecule has 0 saturated carbocycles. The van der Waals surface area contributed by atoms with Crippen molar-refractivity contribution in [2.45, 2.75) is 25.2 Å². The number of benzene rings is 2. The van der Waals surface area contributed by atoms with Gasteiger partial charge in [-0.3, -0.25) is 9.59 Å². The van der Waals surface area contributed by atoms with E-state index in [0.29, 0.717) is 23.6 Å². The van der Waals surface area contributed by atoms with Crippen LogP contribution < -0.4 is 10.7 Å². The molecule has 2 aromatic carbocycles. The largest absolute Gasteiger partial charge is 0.326 e. The molecule has 0 aromatic heterocycles. The molecule has 0 aliphatic rings. The van der Waals surface area contributed by atoms with Gasteiger partial charge in [0, 0.05) is 29.7 Å². The number of hydrazone groups is 1. The van der Waals surface area contributed by atoms with E-state index in [9.17, 15) is 9.59 Å². The summed E-state index contributed by atoms with van der Waals surface area (Å²) < 4.78 is 0. The van der Waals surface area contributed by atoms with E-state index in [0.717, 1.165) is 10.5 Å². The van der Waals surface area contributed by atoms with Gasteiger partial charge in [-0.25, -0.2) is 5.43 Å². The number of carbonyl (C=O) groups is 2. The van der Waals surface area contributed by atoms with Gasteiger partial charge in [0.2, 0.25) is 11.8 Å². The Hall–Kier alpha value is -2.60. The second kappa shape index (κ2) is 9.64. The molecule has 0 aliphatic carbocycles. The SMILES string of the molecule is CC(=O)Nc1cccc(C(C)=NNC(=O)CCSc2ccccc2)c1. The summed E-state index contributed by atoms with van der Waals surface area (Å²) in [6.45, 7) is 3.27. The summed E-state index contributed by atoms with van der Waals surface area (Å²) in [5, 5.41) is 6.86. The van der Waals surface area contributed by atoms with E-state index in [4.69, 9.17) is 0 Å². The van der Waals surface area contributed by atoms with Crippen molar-refractivity contribution in [1.29, 1.82) is 0 Å². The van der Waals surface area contributed by atoms with Crippen LogP contribution in [-0.2, 0) is 9.59 Å². The van der Waals surface area contributed by atoms with Crippen LogP contribution >= 0.6 is 11.8 Å². The Kier molecular flexibility index (Phi) is 7.22. The van der Waals surface area contributed by atoms with E-state index < -0.39 is 0 Å². The summed E-state index contributed by atoms with van der Waals surface area (Å²) in [5.41, 5.74) is 4.79. The summed E-state index contributed by atoms with van der Waals surface area (Å²) in [4.78, 5) is 24.1. The first-order valence-corrected chi connectivity index (χ1v) is 8.92. The topological polar surface area (TPSA) is 70.6 Å². The van der Waals surface area contributed by atoms with Crippen molar-refractivity contribution in [3.63, 3.8) is 0 Å². The molecule has 2 aromatic rings. The molecular formula is C19H21N3O2S. The normalized spacial score (nSPS) is 11.0. The van der Waals surface area contributed by atoms with Gasteiger partial charge in [-0.05, 0) is 36.8 Å². The van der Waals surface area contributed by atoms with Crippen LogP contribution in [-0.4, -0.2) is 23.3 Å². The van der Waals surface area contributed by atoms with E-state index >= 15 is 0 Å². The summed E-state index contributed by atoms with van der Waals surface area (Å²) in [5.74, 6) is 0.444. The van der Waals surface area contributed by atoms with Crippen molar-refractivity contribution < 1.29 is 9.59 Å². The van der Waals surface area contributed by atoms with E-state index in [1.807, 2.05) is 55.5 Å². The lowest BCUT2D eigenvalue weighted by atomic mass is 10.1. The Morgan fingerprint density at radius 1 is 1.04 bits per heavy atom. The molecule has 0 fully saturated rings. The molecule has 0 radical (unpaired) electrons. The zero-order chi connectivity index (χ0) is 18.1. The van der Waals surface area contributed by atoms with Gasteiger partial charge in [0.05, 0.1) is 5.71 Å². The van der Waals surface area contributed by atoms with Gasteiger partial charge in [-0.2, -0.15) is 5.10 Å². The summed E-state index contributed by atoms with van der Waals surface area (Å²) in [6, 6.07) is 17.3. The molecule has 0 unspecified atom stereocenters. The molecule has 2 amide bonds. The number of anilines is 1. The zero-order valence-electron chi connectivity index (χ0n) is 14.3. The van der Waals surface area contributed by atoms with E-state index in [2.05, 4.69) is 15.8 Å². The number of nitrogens with zero attached hydrogens (tertiary/aromatic N) is 1. The average molecular weight is 355 g/mol. The second-order valence-corrected chi connectivity index (χ2v) is 6.57. The molecule has 6 heteroatoms. The van der Waals surface area contributed by atoms with Crippen molar-refractivity contribution in [3.8, 4) is 0 Å². The minimum Gasteiger partial charge on any atom is -0.326 e. The van der Waals surface area contributed by atoms with Crippen molar-refractivity contribution in [1.82, 2.24) is 5.43 Å². The standard InChI is InChI=1S/C19H21N3O2S/c1-14(16-7-6-8-17(13-16)20-15(2)23)21-22-19(24)11-12-25-18-9-4-3-5-10-18/h3-10,13H,11-12H2,1-2H3,(H,20,23)(H,22,24). The van der Waals surface area contributed by atoms with Gasteiger partial charge in [-0.15, -0.1) is 11.8 Å². The molecule has 0 spiro atoms. The minimum absolute atomic E-state index is 0.124. The Labute approximate surface area is 151 Å². The number of carbonyl (C=O) groups excluding carboxylic acids is 2. The van der Waals surface area contributed by atoms with Crippen LogP contribution in [0.5, 0.6) is 0 Å². The fourth-order valence-corrected chi connectivity index (χ4v) is 2.94. The van der Waals surface area contributed by atoms with Crippen LogP contribution in [0.1, 0.15) is 25.8 Å². The molecule has 0 atom stereocenters. The summed E-state index contributed by atoms with van der Waals surface area (Å²) in [7, 11) is 0. The molecule has 25 heavy (non-hydrogen) atoms. The van der Waals surface area contributed by atoms with Gasteiger partial charge in [0.15, 0.2) is 0 Å². The highest BCUT2D eigenvalue weighted by Gasteiger charge is 2.04. The lowest BCUT2D eigenvalue weighted by Crippen LogP contribution is -2.19. The highest BCUT2D eigenvalue weighted by molar-refractivity contribution is 7.99. The maximum absolute atomic E-state index is 11.9. The maximum Gasteiger partial charge on any atom is 0.240 e. The molecule has 0 saturated heterocycles. The maximum atomic E-state index is 11.9. The minimum atomic E-state index is -0.129. The van der Waals surface area contributed by atoms with Gasteiger partial charge in [0.25, 0.3) is 0 Å². The predicted molar refractivity (Wildman–Crippen MR) is 103 cm³/mol. The first-order chi connectivity index (χ1) is 12.0. The van der Waals surface area contributed by atoms with Crippen molar-refractivity contribution in [2.75, 3.05) is 11.1 Å². The predicted octanol–water partition coefficient (Wildman–Crippen LogP) is 3.67. The number of hydrogen-bond donors (Lipinski definition) is 2. The Balaban J connectivity index is 1.83. The lowest BCUT2D eigenvalue weighted by Gasteiger charge is -2.06. The second-order valence-electron chi connectivity index (χ2n) is 5.41. The van der Waals surface area contributed by atoms with Crippen LogP contribution in [0.2, 0.25) is 0 Å². The highest BCUT2D eigenvalue weighted by atomic mass is 32.2. The first kappa shape index (κ1) is 18.7. The third kappa shape index (κ3) is 6.81. The number of amides is 2. The first-order valence-electron chi connectivity index (χ1n) is 7.93. The average Bonchev–Trinajstić information content (AvgIpc) is 2.60. The van der Waals surface area contributed by atoms with Gasteiger partial charge in [0.1, 0.15) is 0 Å². The van der Waals surface area contributed by atoms with Crippen LogP contribution in [0.15, 0.2) is 64.6 Å². The molecule has 2 N–H and O–H groups in total. The third-order valence-electron chi connectivity index (χ3n) is 3.29. The Morgan fingerprint density at radius 3 is 2.52 bits per heavy atom. The fraction of sp³-hybridized carbons (Fsp3) is 0.211. The molecule has 130 valence electrons. The van der Waals surface area contributed by atoms with E-state index in [-0.39, 0.29) is 11.8 Å². The van der Waals surface area contributed by atoms with Crippen molar-refractivity contribution in [3.05, 3.63) is 60.2 Å². The van der Waals surface area contributed by atoms with Gasteiger partial charge in [-0.1, -0.05) is 30.3 Å². The molecule has 2 rings (SSSR count). The highest BCUT2D eigenvalue weighted by Crippen LogP contribution is 2.17. The van der Waals surface area contributed by atoms with Crippen molar-refractivity contribution in [2.24, 2.45) is 5.10 Å². The summed E-state index contributed by atoms with van der Waals surface area (Å²) in [6.07, 6.45) is 0.391. The number of rotatable bonds is 7. The van der Waals surface area contributed by atoms with E-state index in [1.54, 1.807) is 17.8 Å². The molecule has 5 nitrogen and oxygen atoms in total. The number of thioether (sulfide) groups is 1. The monoisotopic (exact) mass is 355 g/mol. The molecule has 0 bridgehead atoms. The van der Waals surface area contributed by atoms with Crippen molar-refractivity contribution >= 4 is 35.0 Å². The molecule has 0 aliphatic heterocycles. The van der Waals surface area contributed by atoms with Crippen LogP contribution in [0, 0.1) is 0 Å². The number of nitrogens with one attached hydrogen (secondary N) is 2. The number of hydrogen-bond acceptors (Lipinski definition) is 4. The van der Waals surface area contributed by atoms with Crippen LogP contribution in [0.3, 0.4) is 0 Å².